The average molecular weight is 246 g/mol. The molecule has 0 aliphatic rings. The summed E-state index contributed by atoms with van der Waals surface area (Å²) in [6, 6.07) is 4.76. The number of hydrogen-bond donors (Lipinski definition) is 1. The highest BCUT2D eigenvalue weighted by atomic mass is 19.4. The van der Waals surface area contributed by atoms with Crippen LogP contribution in [0.4, 0.5) is 18.9 Å². The maximum atomic E-state index is 12.2. The van der Waals surface area contributed by atoms with Crippen molar-refractivity contribution in [2.24, 2.45) is 0 Å². The molecule has 17 heavy (non-hydrogen) atoms. The summed E-state index contributed by atoms with van der Waals surface area (Å²) in [6.45, 7) is 0.338. The van der Waals surface area contributed by atoms with E-state index >= 15 is 0 Å². The molecule has 0 aromatic heterocycles. The molecule has 0 fully saturated rings. The van der Waals surface area contributed by atoms with Crippen LogP contribution in [0, 0.1) is 6.92 Å². The monoisotopic (exact) mass is 246 g/mol. The first kappa shape index (κ1) is 13.3. The van der Waals surface area contributed by atoms with Crippen molar-refractivity contribution in [3.63, 3.8) is 0 Å². The van der Waals surface area contributed by atoms with Gasteiger partial charge in [-0.25, -0.2) is 0 Å². The minimum Gasteiger partial charge on any atom is -0.398 e. The number of hydrogen-bond acceptors (Lipinski definition) is 2. The lowest BCUT2D eigenvalue weighted by Crippen LogP contribution is -2.36. The molecule has 1 rings (SSSR count). The summed E-state index contributed by atoms with van der Waals surface area (Å²) >= 11 is 0. The van der Waals surface area contributed by atoms with Gasteiger partial charge in [0.15, 0.2) is 0 Å². The molecule has 0 bridgehead atoms. The largest absolute Gasteiger partial charge is 0.406 e. The van der Waals surface area contributed by atoms with Crippen LogP contribution in [0.3, 0.4) is 0 Å². The topological polar surface area (TPSA) is 46.3 Å². The van der Waals surface area contributed by atoms with Crippen molar-refractivity contribution in [1.29, 1.82) is 0 Å². The van der Waals surface area contributed by atoms with E-state index in [1.54, 1.807) is 19.1 Å². The standard InChI is InChI=1S/C11H13F3N2O/c1-7-4-3-5-8(15)9(7)10(17)16(2)6-11(12,13)14/h3-5H,6,15H2,1-2H3. The molecule has 6 heteroatoms. The van der Waals surface area contributed by atoms with Crippen LogP contribution in [0.25, 0.3) is 0 Å². The predicted molar refractivity (Wildman–Crippen MR) is 58.6 cm³/mol. The van der Waals surface area contributed by atoms with E-state index < -0.39 is 18.6 Å². The first-order chi connectivity index (χ1) is 7.72. The number of rotatable bonds is 2. The van der Waals surface area contributed by atoms with E-state index in [-0.39, 0.29) is 11.3 Å². The van der Waals surface area contributed by atoms with Crippen LogP contribution in [0.5, 0.6) is 0 Å². The van der Waals surface area contributed by atoms with Crippen LogP contribution >= 0.6 is 0 Å². The molecular weight excluding hydrogens is 233 g/mol. The number of nitrogens with zero attached hydrogens (tertiary/aromatic N) is 1. The van der Waals surface area contributed by atoms with Gasteiger partial charge in [0.1, 0.15) is 6.54 Å². The lowest BCUT2D eigenvalue weighted by Gasteiger charge is -2.20. The van der Waals surface area contributed by atoms with Gasteiger partial charge in [0.25, 0.3) is 5.91 Å². The minimum absolute atomic E-state index is 0.124. The molecule has 0 spiro atoms. The normalized spacial score (nSPS) is 11.4. The molecule has 94 valence electrons. The van der Waals surface area contributed by atoms with Crippen LogP contribution in [-0.4, -0.2) is 30.6 Å². The quantitative estimate of drug-likeness (QED) is 0.813. The van der Waals surface area contributed by atoms with Gasteiger partial charge in [0.05, 0.1) is 5.56 Å². The van der Waals surface area contributed by atoms with Gasteiger partial charge in [0, 0.05) is 12.7 Å². The van der Waals surface area contributed by atoms with Crippen molar-refractivity contribution in [3.05, 3.63) is 29.3 Å². The fraction of sp³-hybridized carbons (Fsp3) is 0.364. The number of carbonyl (C=O) groups is 1. The van der Waals surface area contributed by atoms with E-state index in [1.807, 2.05) is 0 Å². The first-order valence-electron chi connectivity index (χ1n) is 4.89. The smallest absolute Gasteiger partial charge is 0.398 e. The summed E-state index contributed by atoms with van der Waals surface area (Å²) in [4.78, 5) is 12.4. The molecule has 0 aliphatic carbocycles. The van der Waals surface area contributed by atoms with Crippen LogP contribution < -0.4 is 5.73 Å². The molecule has 0 aliphatic heterocycles. The minimum atomic E-state index is -4.41. The molecule has 1 aromatic rings. The SMILES string of the molecule is Cc1cccc(N)c1C(=O)N(C)CC(F)(F)F. The summed E-state index contributed by atoms with van der Waals surface area (Å²) in [6.07, 6.45) is -4.41. The van der Waals surface area contributed by atoms with E-state index in [4.69, 9.17) is 5.73 Å². The zero-order chi connectivity index (χ0) is 13.2. The first-order valence-corrected chi connectivity index (χ1v) is 4.89. The summed E-state index contributed by atoms with van der Waals surface area (Å²) in [5, 5.41) is 0. The Hall–Kier alpha value is -1.72. The van der Waals surface area contributed by atoms with E-state index in [0.29, 0.717) is 10.5 Å². The Labute approximate surface area is 97.0 Å². The number of alkyl halides is 3. The Kier molecular flexibility index (Phi) is 3.65. The predicted octanol–water partition coefficient (Wildman–Crippen LogP) is 2.21. The van der Waals surface area contributed by atoms with E-state index in [2.05, 4.69) is 0 Å². The van der Waals surface area contributed by atoms with Crippen LogP contribution in [-0.2, 0) is 0 Å². The molecule has 0 atom stereocenters. The fourth-order valence-corrected chi connectivity index (χ4v) is 1.51. The second-order valence-corrected chi connectivity index (χ2v) is 3.82. The molecule has 0 saturated carbocycles. The third-order valence-corrected chi connectivity index (χ3v) is 2.28. The van der Waals surface area contributed by atoms with Crippen molar-refractivity contribution >= 4 is 11.6 Å². The van der Waals surface area contributed by atoms with Gasteiger partial charge in [0.2, 0.25) is 0 Å². The number of nitrogens with two attached hydrogens (primary N) is 1. The lowest BCUT2D eigenvalue weighted by atomic mass is 10.1. The van der Waals surface area contributed by atoms with Crippen LogP contribution in [0.2, 0.25) is 0 Å². The van der Waals surface area contributed by atoms with Gasteiger partial charge in [-0.1, -0.05) is 12.1 Å². The molecule has 0 heterocycles. The maximum Gasteiger partial charge on any atom is 0.406 e. The zero-order valence-corrected chi connectivity index (χ0v) is 9.51. The Balaban J connectivity index is 2.97. The second kappa shape index (κ2) is 4.65. The highest BCUT2D eigenvalue weighted by Gasteiger charge is 2.32. The fourth-order valence-electron chi connectivity index (χ4n) is 1.51. The van der Waals surface area contributed by atoms with Gasteiger partial charge >= 0.3 is 6.18 Å². The number of aryl methyl sites for hydroxylation is 1. The molecular formula is C11H13F3N2O. The second-order valence-electron chi connectivity index (χ2n) is 3.82. The van der Waals surface area contributed by atoms with Gasteiger partial charge in [-0.05, 0) is 18.6 Å². The van der Waals surface area contributed by atoms with Crippen molar-refractivity contribution in [2.75, 3.05) is 19.3 Å². The summed E-state index contributed by atoms with van der Waals surface area (Å²) in [5.41, 5.74) is 6.46. The van der Waals surface area contributed by atoms with E-state index in [0.717, 1.165) is 7.05 Å². The zero-order valence-electron chi connectivity index (χ0n) is 9.51. The summed E-state index contributed by atoms with van der Waals surface area (Å²) < 4.78 is 36.5. The number of amides is 1. The Morgan fingerprint density at radius 3 is 2.47 bits per heavy atom. The van der Waals surface area contributed by atoms with Gasteiger partial charge in [-0.15, -0.1) is 0 Å². The van der Waals surface area contributed by atoms with Crippen molar-refractivity contribution in [2.45, 2.75) is 13.1 Å². The summed E-state index contributed by atoms with van der Waals surface area (Å²) in [5.74, 6) is -0.724. The van der Waals surface area contributed by atoms with Gasteiger partial charge in [-0.2, -0.15) is 13.2 Å². The van der Waals surface area contributed by atoms with Crippen molar-refractivity contribution in [3.8, 4) is 0 Å². The third-order valence-electron chi connectivity index (χ3n) is 2.28. The Morgan fingerprint density at radius 2 is 2.00 bits per heavy atom. The summed E-state index contributed by atoms with van der Waals surface area (Å²) in [7, 11) is 1.10. The van der Waals surface area contributed by atoms with Crippen molar-refractivity contribution in [1.82, 2.24) is 4.90 Å². The molecule has 2 N–H and O–H groups in total. The molecule has 0 radical (unpaired) electrons. The molecule has 0 saturated heterocycles. The Bertz CT molecular complexity index is 409. The van der Waals surface area contributed by atoms with Gasteiger partial charge < -0.3 is 10.6 Å². The third kappa shape index (κ3) is 3.37. The van der Waals surface area contributed by atoms with Crippen LogP contribution in [0.15, 0.2) is 18.2 Å². The highest BCUT2D eigenvalue weighted by Crippen LogP contribution is 2.21. The molecule has 0 unspecified atom stereocenters. The van der Waals surface area contributed by atoms with Crippen molar-refractivity contribution < 1.29 is 18.0 Å². The number of nitrogen functional groups attached to an aromatic ring is 1. The molecule has 3 nitrogen and oxygen atoms in total. The maximum absolute atomic E-state index is 12.2. The Morgan fingerprint density at radius 1 is 1.41 bits per heavy atom. The molecule has 1 amide bonds. The average Bonchev–Trinajstić information content (AvgIpc) is 2.14. The number of carbonyl (C=O) groups excluding carboxylic acids is 1. The lowest BCUT2D eigenvalue weighted by molar-refractivity contribution is -0.138. The van der Waals surface area contributed by atoms with E-state index in [9.17, 15) is 18.0 Å². The van der Waals surface area contributed by atoms with E-state index in [1.165, 1.54) is 6.07 Å². The number of anilines is 1. The van der Waals surface area contributed by atoms with Crippen LogP contribution in [0.1, 0.15) is 15.9 Å². The van der Waals surface area contributed by atoms with Gasteiger partial charge in [-0.3, -0.25) is 4.79 Å². The molecule has 1 aromatic carbocycles. The number of halogens is 3. The number of benzene rings is 1. The highest BCUT2D eigenvalue weighted by molar-refractivity contribution is 6.00.